The Morgan fingerprint density at radius 3 is 2.55 bits per heavy atom. The molecule has 11 heteroatoms. The van der Waals surface area contributed by atoms with E-state index in [9.17, 15) is 15.5 Å². The first kappa shape index (κ1) is 22.5. The van der Waals surface area contributed by atoms with Crippen molar-refractivity contribution in [2.45, 2.75) is 69.7 Å². The van der Waals surface area contributed by atoms with Crippen molar-refractivity contribution < 1.29 is 39.3 Å². The summed E-state index contributed by atoms with van der Waals surface area (Å²) in [5, 5.41) is 38.1. The van der Waals surface area contributed by atoms with Gasteiger partial charge in [-0.15, -0.1) is 5.10 Å². The molecule has 1 aliphatic heterocycles. The van der Waals surface area contributed by atoms with Gasteiger partial charge in [-0.25, -0.2) is 4.89 Å². The van der Waals surface area contributed by atoms with E-state index >= 15 is 0 Å². The van der Waals surface area contributed by atoms with Crippen LogP contribution in [-0.2, 0) is 37.0 Å². The summed E-state index contributed by atoms with van der Waals surface area (Å²) in [5.74, 6) is -0.586. The SMILES string of the molecule is COC[C@H]1O[C@@H](C)[C@@H](OCc2cn(C[C@H]3C(OO)[C@@H](C)[C@@H](O)C3OC)nn2)C1O. The Bertz CT molecular complexity index is 630. The van der Waals surface area contributed by atoms with Crippen LogP contribution in [0.1, 0.15) is 19.5 Å². The molecule has 1 saturated heterocycles. The van der Waals surface area contributed by atoms with Crippen molar-refractivity contribution in [2.75, 3.05) is 20.8 Å². The number of nitrogens with zero attached hydrogens (tertiary/aromatic N) is 3. The summed E-state index contributed by atoms with van der Waals surface area (Å²) in [6, 6.07) is 0. The molecule has 2 heterocycles. The highest BCUT2D eigenvalue weighted by molar-refractivity contribution is 4.99. The van der Waals surface area contributed by atoms with Gasteiger partial charge in [-0.1, -0.05) is 12.1 Å². The molecule has 1 aromatic heterocycles. The summed E-state index contributed by atoms with van der Waals surface area (Å²) in [7, 11) is 3.07. The van der Waals surface area contributed by atoms with Crippen molar-refractivity contribution in [1.29, 1.82) is 0 Å². The van der Waals surface area contributed by atoms with Crippen molar-refractivity contribution >= 4 is 0 Å². The molecule has 3 N–H and O–H groups in total. The van der Waals surface area contributed by atoms with Gasteiger partial charge in [0.15, 0.2) is 0 Å². The summed E-state index contributed by atoms with van der Waals surface area (Å²) < 4.78 is 23.5. The van der Waals surface area contributed by atoms with Crippen molar-refractivity contribution in [2.24, 2.45) is 11.8 Å². The van der Waals surface area contributed by atoms with Crippen LogP contribution in [0.5, 0.6) is 0 Å². The van der Waals surface area contributed by atoms with E-state index in [-0.39, 0.29) is 24.5 Å². The third kappa shape index (κ3) is 4.62. The Balaban J connectivity index is 1.58. The number of rotatable bonds is 9. The van der Waals surface area contributed by atoms with Gasteiger partial charge in [0.25, 0.3) is 0 Å². The standard InChI is InChI=1S/C18H31N3O8/c1-9-14(22)18(26-4)12(16(9)29-24)6-21-5-11(19-20-21)7-27-17-10(2)28-13(8-25-3)15(17)23/h5,9-10,12-18,22-24H,6-8H2,1-4H3/t9-,10-,12-,13+,14+,15?,16?,17+,18?/m0/s1. The van der Waals surface area contributed by atoms with Crippen LogP contribution in [-0.4, -0.2) is 94.0 Å². The van der Waals surface area contributed by atoms with E-state index in [0.717, 1.165) is 0 Å². The minimum absolute atomic E-state index is 0.159. The molecular weight excluding hydrogens is 386 g/mol. The van der Waals surface area contributed by atoms with E-state index < -0.39 is 36.6 Å². The summed E-state index contributed by atoms with van der Waals surface area (Å²) >= 11 is 0. The predicted octanol–water partition coefficient (Wildman–Crippen LogP) is -0.542. The molecule has 9 atom stereocenters. The van der Waals surface area contributed by atoms with E-state index in [4.69, 9.17) is 18.9 Å². The second-order valence-electron chi connectivity index (χ2n) is 7.82. The second kappa shape index (κ2) is 9.75. The summed E-state index contributed by atoms with van der Waals surface area (Å²) in [6.07, 6.45) is -2.07. The topological polar surface area (TPSA) is 138 Å². The summed E-state index contributed by atoms with van der Waals surface area (Å²) in [6.45, 7) is 4.44. The first-order chi connectivity index (χ1) is 13.9. The average Bonchev–Trinajstić information content (AvgIpc) is 3.31. The van der Waals surface area contributed by atoms with Crippen molar-refractivity contribution in [1.82, 2.24) is 15.0 Å². The number of methoxy groups -OCH3 is 2. The summed E-state index contributed by atoms with van der Waals surface area (Å²) in [5.41, 5.74) is 0.585. The molecule has 29 heavy (non-hydrogen) atoms. The molecule has 1 aromatic rings. The van der Waals surface area contributed by atoms with Crippen LogP contribution >= 0.6 is 0 Å². The van der Waals surface area contributed by atoms with Crippen LogP contribution in [0.3, 0.4) is 0 Å². The lowest BCUT2D eigenvalue weighted by Crippen LogP contribution is -2.35. The quantitative estimate of drug-likeness (QED) is 0.355. The number of aliphatic hydroxyl groups excluding tert-OH is 2. The molecule has 166 valence electrons. The highest BCUT2D eigenvalue weighted by atomic mass is 17.1. The van der Waals surface area contributed by atoms with Gasteiger partial charge in [0.2, 0.25) is 0 Å². The Morgan fingerprint density at radius 2 is 1.90 bits per heavy atom. The zero-order valence-corrected chi connectivity index (χ0v) is 17.1. The van der Waals surface area contributed by atoms with Crippen molar-refractivity contribution in [3.8, 4) is 0 Å². The average molecular weight is 417 g/mol. The normalized spacial score (nSPS) is 40.0. The predicted molar refractivity (Wildman–Crippen MR) is 97.8 cm³/mol. The highest BCUT2D eigenvalue weighted by Gasteiger charge is 2.49. The lowest BCUT2D eigenvalue weighted by atomic mass is 10.0. The zero-order chi connectivity index (χ0) is 21.1. The number of ether oxygens (including phenoxy) is 4. The zero-order valence-electron chi connectivity index (χ0n) is 17.1. The summed E-state index contributed by atoms with van der Waals surface area (Å²) in [4.78, 5) is 4.61. The smallest absolute Gasteiger partial charge is 0.112 e. The van der Waals surface area contributed by atoms with E-state index in [0.29, 0.717) is 18.8 Å². The number of aliphatic hydroxyl groups is 2. The molecule has 1 aliphatic carbocycles. The van der Waals surface area contributed by atoms with E-state index in [1.165, 1.54) is 7.11 Å². The molecule has 0 bridgehead atoms. The fourth-order valence-corrected chi connectivity index (χ4v) is 4.37. The van der Waals surface area contributed by atoms with Gasteiger partial charge in [0.05, 0.1) is 44.3 Å². The largest absolute Gasteiger partial charge is 0.390 e. The van der Waals surface area contributed by atoms with Crippen LogP contribution in [0.15, 0.2) is 6.20 Å². The highest BCUT2D eigenvalue weighted by Crippen LogP contribution is 2.36. The number of hydrogen-bond donors (Lipinski definition) is 3. The van der Waals surface area contributed by atoms with Crippen LogP contribution in [0.25, 0.3) is 0 Å². The molecule has 3 unspecified atom stereocenters. The molecular formula is C18H31N3O8. The molecule has 0 amide bonds. The molecule has 3 rings (SSSR count). The van der Waals surface area contributed by atoms with Gasteiger partial charge >= 0.3 is 0 Å². The third-order valence-electron chi connectivity index (χ3n) is 5.94. The van der Waals surface area contributed by atoms with Crippen LogP contribution < -0.4 is 0 Å². The molecule has 11 nitrogen and oxygen atoms in total. The van der Waals surface area contributed by atoms with Gasteiger partial charge in [-0.3, -0.25) is 9.94 Å². The minimum Gasteiger partial charge on any atom is -0.390 e. The maximum absolute atomic E-state index is 10.3. The molecule has 0 aromatic carbocycles. The first-order valence-corrected chi connectivity index (χ1v) is 9.75. The third-order valence-corrected chi connectivity index (χ3v) is 5.94. The molecule has 2 aliphatic rings. The van der Waals surface area contributed by atoms with Crippen molar-refractivity contribution in [3.63, 3.8) is 0 Å². The molecule has 1 saturated carbocycles. The van der Waals surface area contributed by atoms with Crippen LogP contribution in [0.4, 0.5) is 0 Å². The van der Waals surface area contributed by atoms with E-state index in [1.807, 2.05) is 6.92 Å². The Labute approximate surface area is 169 Å². The monoisotopic (exact) mass is 417 g/mol. The van der Waals surface area contributed by atoms with Crippen LogP contribution in [0, 0.1) is 11.8 Å². The fourth-order valence-electron chi connectivity index (χ4n) is 4.37. The lowest BCUT2D eigenvalue weighted by Gasteiger charge is -2.22. The van der Waals surface area contributed by atoms with Gasteiger partial charge in [0.1, 0.15) is 30.1 Å². The minimum atomic E-state index is -0.786. The molecule has 0 spiro atoms. The molecule has 2 fully saturated rings. The Hall–Kier alpha value is -1.18. The first-order valence-electron chi connectivity index (χ1n) is 9.75. The van der Waals surface area contributed by atoms with E-state index in [1.54, 1.807) is 24.9 Å². The number of aromatic nitrogens is 3. The van der Waals surface area contributed by atoms with Crippen molar-refractivity contribution in [3.05, 3.63) is 11.9 Å². The van der Waals surface area contributed by atoms with Gasteiger partial charge in [-0.05, 0) is 6.92 Å². The maximum Gasteiger partial charge on any atom is 0.112 e. The van der Waals surface area contributed by atoms with Gasteiger partial charge < -0.3 is 29.2 Å². The van der Waals surface area contributed by atoms with E-state index in [2.05, 4.69) is 15.2 Å². The van der Waals surface area contributed by atoms with Gasteiger partial charge in [0, 0.05) is 26.1 Å². The fraction of sp³-hybridized carbons (Fsp3) is 0.889. The number of hydrogen-bond acceptors (Lipinski definition) is 10. The van der Waals surface area contributed by atoms with Gasteiger partial charge in [-0.2, -0.15) is 0 Å². The second-order valence-corrected chi connectivity index (χ2v) is 7.82. The lowest BCUT2D eigenvalue weighted by molar-refractivity contribution is -0.297. The Morgan fingerprint density at radius 1 is 1.14 bits per heavy atom. The Kier molecular flexibility index (Phi) is 7.57. The maximum atomic E-state index is 10.3. The van der Waals surface area contributed by atoms with Crippen LogP contribution in [0.2, 0.25) is 0 Å². The molecule has 0 radical (unpaired) electrons.